The molecule has 1 unspecified atom stereocenters. The fourth-order valence-electron chi connectivity index (χ4n) is 4.29. The zero-order valence-electron chi connectivity index (χ0n) is 12.3. The third kappa shape index (κ3) is 2.72. The van der Waals surface area contributed by atoms with Gasteiger partial charge in [0.25, 0.3) is 0 Å². The van der Waals surface area contributed by atoms with Gasteiger partial charge in [-0.15, -0.1) is 0 Å². The molecule has 0 bridgehead atoms. The Balaban J connectivity index is 1.71. The van der Waals surface area contributed by atoms with Crippen LogP contribution in [0.1, 0.15) is 63.9 Å². The maximum atomic E-state index is 2.80. The van der Waals surface area contributed by atoms with Crippen LogP contribution in [0.15, 0.2) is 30.3 Å². The second-order valence-corrected chi connectivity index (χ2v) is 6.66. The Morgan fingerprint density at radius 3 is 2.26 bits per heavy atom. The Labute approximate surface area is 118 Å². The zero-order chi connectivity index (χ0) is 13.1. The predicted octanol–water partition coefficient (Wildman–Crippen LogP) is 4.76. The monoisotopic (exact) mass is 257 g/mol. The molecule has 19 heavy (non-hydrogen) atoms. The summed E-state index contributed by atoms with van der Waals surface area (Å²) < 4.78 is 0. The third-order valence-corrected chi connectivity index (χ3v) is 5.30. The van der Waals surface area contributed by atoms with Gasteiger partial charge in [0, 0.05) is 18.1 Å². The summed E-state index contributed by atoms with van der Waals surface area (Å²) in [5, 5.41) is 0. The SMILES string of the molecule is CC1CC2(CCCCCCC2)N1Cc1ccccc1. The number of rotatable bonds is 2. The molecular formula is C18H27N. The Kier molecular flexibility index (Phi) is 3.93. The van der Waals surface area contributed by atoms with Gasteiger partial charge in [-0.2, -0.15) is 0 Å². The molecular weight excluding hydrogens is 230 g/mol. The Morgan fingerprint density at radius 2 is 1.63 bits per heavy atom. The predicted molar refractivity (Wildman–Crippen MR) is 81.1 cm³/mol. The highest BCUT2D eigenvalue weighted by Crippen LogP contribution is 2.46. The molecule has 1 aromatic carbocycles. The fraction of sp³-hybridized carbons (Fsp3) is 0.667. The van der Waals surface area contributed by atoms with Crippen molar-refractivity contribution in [2.45, 2.75) is 76.4 Å². The van der Waals surface area contributed by atoms with Crippen LogP contribution >= 0.6 is 0 Å². The fourth-order valence-corrected chi connectivity index (χ4v) is 4.29. The second-order valence-electron chi connectivity index (χ2n) is 6.66. The Hall–Kier alpha value is -0.820. The van der Waals surface area contributed by atoms with Crippen LogP contribution in [0, 0.1) is 0 Å². The van der Waals surface area contributed by atoms with Gasteiger partial charge < -0.3 is 0 Å². The van der Waals surface area contributed by atoms with Crippen molar-refractivity contribution in [1.29, 1.82) is 0 Å². The lowest BCUT2D eigenvalue weighted by Gasteiger charge is -2.59. The topological polar surface area (TPSA) is 3.24 Å². The summed E-state index contributed by atoms with van der Waals surface area (Å²) in [5.41, 5.74) is 2.03. The highest BCUT2D eigenvalue weighted by atomic mass is 15.3. The molecule has 1 saturated heterocycles. The van der Waals surface area contributed by atoms with Crippen LogP contribution in [0.25, 0.3) is 0 Å². The third-order valence-electron chi connectivity index (χ3n) is 5.30. The molecule has 3 rings (SSSR count). The summed E-state index contributed by atoms with van der Waals surface area (Å²) in [7, 11) is 0. The molecule has 1 aliphatic carbocycles. The number of nitrogens with zero attached hydrogens (tertiary/aromatic N) is 1. The lowest BCUT2D eigenvalue weighted by Crippen LogP contribution is -2.64. The van der Waals surface area contributed by atoms with Crippen molar-refractivity contribution < 1.29 is 0 Å². The maximum absolute atomic E-state index is 2.80. The molecule has 0 aromatic heterocycles. The molecule has 0 N–H and O–H groups in total. The molecule has 2 fully saturated rings. The van der Waals surface area contributed by atoms with E-state index in [1.165, 1.54) is 56.9 Å². The van der Waals surface area contributed by atoms with E-state index in [0.717, 1.165) is 12.6 Å². The Morgan fingerprint density at radius 1 is 1.00 bits per heavy atom. The lowest BCUT2D eigenvalue weighted by molar-refractivity contribution is -0.0885. The molecule has 1 aromatic rings. The lowest BCUT2D eigenvalue weighted by atomic mass is 9.70. The van der Waals surface area contributed by atoms with Crippen molar-refractivity contribution in [3.05, 3.63) is 35.9 Å². The van der Waals surface area contributed by atoms with Crippen LogP contribution in [0.5, 0.6) is 0 Å². The average molecular weight is 257 g/mol. The smallest absolute Gasteiger partial charge is 0.0242 e. The van der Waals surface area contributed by atoms with Crippen LogP contribution in [0.4, 0.5) is 0 Å². The highest BCUT2D eigenvalue weighted by Gasteiger charge is 2.48. The summed E-state index contributed by atoms with van der Waals surface area (Å²) in [6.45, 7) is 3.56. The second kappa shape index (κ2) is 5.66. The first kappa shape index (κ1) is 13.2. The van der Waals surface area contributed by atoms with Crippen LogP contribution in [-0.4, -0.2) is 16.5 Å². The molecule has 1 spiro atoms. The van der Waals surface area contributed by atoms with Crippen LogP contribution in [0.2, 0.25) is 0 Å². The van der Waals surface area contributed by atoms with Gasteiger partial charge in [-0.3, -0.25) is 4.90 Å². The Bertz CT molecular complexity index is 389. The van der Waals surface area contributed by atoms with Gasteiger partial charge in [-0.05, 0) is 31.7 Å². The minimum atomic E-state index is 0.551. The van der Waals surface area contributed by atoms with Crippen molar-refractivity contribution in [3.63, 3.8) is 0 Å². The van der Waals surface area contributed by atoms with Gasteiger partial charge in [-0.25, -0.2) is 0 Å². The van der Waals surface area contributed by atoms with Crippen molar-refractivity contribution in [1.82, 2.24) is 4.90 Å². The van der Waals surface area contributed by atoms with Gasteiger partial charge in [0.2, 0.25) is 0 Å². The normalized spacial score (nSPS) is 27.5. The molecule has 1 atom stereocenters. The number of hydrogen-bond donors (Lipinski definition) is 0. The van der Waals surface area contributed by atoms with E-state index >= 15 is 0 Å². The number of likely N-dealkylation sites (tertiary alicyclic amines) is 1. The minimum Gasteiger partial charge on any atom is -0.291 e. The first-order valence-electron chi connectivity index (χ1n) is 8.11. The quantitative estimate of drug-likeness (QED) is 0.738. The molecule has 1 aliphatic heterocycles. The van der Waals surface area contributed by atoms with Crippen molar-refractivity contribution in [3.8, 4) is 0 Å². The maximum Gasteiger partial charge on any atom is 0.0242 e. The average Bonchev–Trinajstić information content (AvgIpc) is 2.40. The summed E-state index contributed by atoms with van der Waals surface area (Å²) in [4.78, 5) is 2.80. The first-order valence-corrected chi connectivity index (χ1v) is 8.11. The standard InChI is InChI=1S/C18H27N/c1-16-14-18(12-8-3-2-4-9-13-18)19(16)15-17-10-6-5-7-11-17/h5-7,10-11,16H,2-4,8-9,12-15H2,1H3. The van der Waals surface area contributed by atoms with Crippen molar-refractivity contribution in [2.24, 2.45) is 0 Å². The summed E-state index contributed by atoms with van der Waals surface area (Å²) >= 11 is 0. The van der Waals surface area contributed by atoms with Crippen LogP contribution in [0.3, 0.4) is 0 Å². The molecule has 1 saturated carbocycles. The summed E-state index contributed by atoms with van der Waals surface area (Å²) in [6, 6.07) is 11.8. The molecule has 1 nitrogen and oxygen atoms in total. The van der Waals surface area contributed by atoms with E-state index in [-0.39, 0.29) is 0 Å². The van der Waals surface area contributed by atoms with Gasteiger partial charge in [0.15, 0.2) is 0 Å². The van der Waals surface area contributed by atoms with Gasteiger partial charge in [0.1, 0.15) is 0 Å². The van der Waals surface area contributed by atoms with E-state index in [9.17, 15) is 0 Å². The number of hydrogen-bond acceptors (Lipinski definition) is 1. The van der Waals surface area contributed by atoms with Gasteiger partial charge in [0.05, 0.1) is 0 Å². The van der Waals surface area contributed by atoms with Crippen LogP contribution in [-0.2, 0) is 6.54 Å². The van der Waals surface area contributed by atoms with E-state index in [4.69, 9.17) is 0 Å². The largest absolute Gasteiger partial charge is 0.291 e. The molecule has 2 aliphatic rings. The molecule has 1 heterocycles. The van der Waals surface area contributed by atoms with Crippen LogP contribution < -0.4 is 0 Å². The highest BCUT2D eigenvalue weighted by molar-refractivity contribution is 5.17. The molecule has 104 valence electrons. The molecule has 0 radical (unpaired) electrons. The van der Waals surface area contributed by atoms with Crippen molar-refractivity contribution in [2.75, 3.05) is 0 Å². The van der Waals surface area contributed by atoms with E-state index in [0.29, 0.717) is 5.54 Å². The van der Waals surface area contributed by atoms with Gasteiger partial charge >= 0.3 is 0 Å². The van der Waals surface area contributed by atoms with Crippen molar-refractivity contribution >= 4 is 0 Å². The molecule has 0 amide bonds. The van der Waals surface area contributed by atoms with E-state index in [1.54, 1.807) is 0 Å². The summed E-state index contributed by atoms with van der Waals surface area (Å²) in [6.07, 6.45) is 11.6. The van der Waals surface area contributed by atoms with Gasteiger partial charge in [-0.1, -0.05) is 62.4 Å². The number of benzene rings is 1. The zero-order valence-corrected chi connectivity index (χ0v) is 12.3. The van der Waals surface area contributed by atoms with E-state index < -0.39 is 0 Å². The van der Waals surface area contributed by atoms with E-state index in [2.05, 4.69) is 42.2 Å². The molecule has 1 heteroatoms. The van der Waals surface area contributed by atoms with E-state index in [1.807, 2.05) is 0 Å². The summed E-state index contributed by atoms with van der Waals surface area (Å²) in [5.74, 6) is 0. The first-order chi connectivity index (χ1) is 9.30. The minimum absolute atomic E-state index is 0.551.